The van der Waals surface area contributed by atoms with Crippen molar-refractivity contribution in [3.8, 4) is 0 Å². The summed E-state index contributed by atoms with van der Waals surface area (Å²) in [5, 5.41) is 6.87. The van der Waals surface area contributed by atoms with Crippen molar-refractivity contribution >= 4 is 28.2 Å². The van der Waals surface area contributed by atoms with Crippen LogP contribution in [0.15, 0.2) is 0 Å². The SMILES string of the molecule is CC(C)CNc1nc(N)c(C(=O)NC2CC2C)s1. The van der Waals surface area contributed by atoms with Gasteiger partial charge in [-0.2, -0.15) is 0 Å². The highest BCUT2D eigenvalue weighted by molar-refractivity contribution is 7.18. The second kappa shape index (κ2) is 5.14. The fourth-order valence-corrected chi connectivity index (χ4v) is 2.41. The summed E-state index contributed by atoms with van der Waals surface area (Å²) in [6.07, 6.45) is 1.06. The van der Waals surface area contributed by atoms with Crippen LogP contribution >= 0.6 is 11.3 Å². The zero-order chi connectivity index (χ0) is 13.3. The Labute approximate surface area is 111 Å². The first-order valence-electron chi connectivity index (χ1n) is 6.28. The minimum atomic E-state index is -0.100. The van der Waals surface area contributed by atoms with Crippen molar-refractivity contribution in [2.75, 3.05) is 17.6 Å². The highest BCUT2D eigenvalue weighted by Crippen LogP contribution is 2.31. The molecule has 1 amide bonds. The minimum absolute atomic E-state index is 0.100. The van der Waals surface area contributed by atoms with Crippen LogP contribution in [0.1, 0.15) is 36.9 Å². The molecule has 6 heteroatoms. The normalized spacial score (nSPS) is 22.0. The quantitative estimate of drug-likeness (QED) is 0.762. The lowest BCUT2D eigenvalue weighted by Gasteiger charge is -2.04. The molecule has 2 unspecified atom stereocenters. The third-order valence-corrected chi connectivity index (χ3v) is 3.97. The zero-order valence-electron chi connectivity index (χ0n) is 11.0. The topological polar surface area (TPSA) is 80.0 Å². The fourth-order valence-electron chi connectivity index (χ4n) is 1.62. The van der Waals surface area contributed by atoms with Gasteiger partial charge in [-0.1, -0.05) is 32.1 Å². The van der Waals surface area contributed by atoms with Crippen molar-refractivity contribution in [3.05, 3.63) is 4.88 Å². The maximum absolute atomic E-state index is 12.0. The first kappa shape index (κ1) is 13.1. The lowest BCUT2D eigenvalue weighted by molar-refractivity contribution is 0.0954. The van der Waals surface area contributed by atoms with E-state index < -0.39 is 0 Å². The van der Waals surface area contributed by atoms with E-state index in [0.29, 0.717) is 28.6 Å². The standard InChI is InChI=1S/C12H20N4OS/c1-6(2)5-14-12-16-10(13)9(18-12)11(17)15-8-4-7(8)3/h6-8H,4-5,13H2,1-3H3,(H,14,16)(H,15,17). The Hall–Kier alpha value is -1.30. The van der Waals surface area contributed by atoms with Gasteiger partial charge in [-0.15, -0.1) is 0 Å². The molecule has 0 aromatic carbocycles. The van der Waals surface area contributed by atoms with Gasteiger partial charge in [0.1, 0.15) is 10.7 Å². The molecule has 18 heavy (non-hydrogen) atoms. The van der Waals surface area contributed by atoms with Gasteiger partial charge in [-0.05, 0) is 18.3 Å². The first-order valence-corrected chi connectivity index (χ1v) is 7.10. The van der Waals surface area contributed by atoms with Crippen molar-refractivity contribution in [1.29, 1.82) is 0 Å². The molecule has 1 saturated carbocycles. The van der Waals surface area contributed by atoms with Crippen LogP contribution in [0.4, 0.5) is 10.9 Å². The van der Waals surface area contributed by atoms with Crippen LogP contribution in [0.3, 0.4) is 0 Å². The molecule has 2 rings (SSSR count). The highest BCUT2D eigenvalue weighted by atomic mass is 32.1. The summed E-state index contributed by atoms with van der Waals surface area (Å²) >= 11 is 1.32. The molecule has 1 aromatic rings. The number of thiazole rings is 1. The largest absolute Gasteiger partial charge is 0.382 e. The number of rotatable bonds is 5. The summed E-state index contributed by atoms with van der Waals surface area (Å²) in [6.45, 7) is 7.18. The average molecular weight is 268 g/mol. The van der Waals surface area contributed by atoms with E-state index in [-0.39, 0.29) is 5.91 Å². The molecule has 0 spiro atoms. The summed E-state index contributed by atoms with van der Waals surface area (Å²) in [5.74, 6) is 1.33. The molecule has 0 saturated heterocycles. The summed E-state index contributed by atoms with van der Waals surface area (Å²) in [7, 11) is 0. The number of carbonyl (C=O) groups is 1. The van der Waals surface area contributed by atoms with E-state index >= 15 is 0 Å². The summed E-state index contributed by atoms with van der Waals surface area (Å²) < 4.78 is 0. The fraction of sp³-hybridized carbons (Fsp3) is 0.667. The van der Waals surface area contributed by atoms with Crippen LogP contribution in [-0.2, 0) is 0 Å². The van der Waals surface area contributed by atoms with Gasteiger partial charge in [0.25, 0.3) is 5.91 Å². The zero-order valence-corrected chi connectivity index (χ0v) is 11.8. The predicted octanol–water partition coefficient (Wildman–Crippen LogP) is 1.93. The van der Waals surface area contributed by atoms with Gasteiger partial charge in [-0.3, -0.25) is 4.79 Å². The first-order chi connectivity index (χ1) is 8.47. The van der Waals surface area contributed by atoms with Crippen LogP contribution in [0.2, 0.25) is 0 Å². The van der Waals surface area contributed by atoms with Crippen LogP contribution in [0, 0.1) is 11.8 Å². The molecule has 1 fully saturated rings. The van der Waals surface area contributed by atoms with Crippen molar-refractivity contribution in [2.45, 2.75) is 33.2 Å². The summed E-state index contributed by atoms with van der Waals surface area (Å²) in [5.41, 5.74) is 5.78. The third kappa shape index (κ3) is 3.13. The number of nitrogens with zero attached hydrogens (tertiary/aromatic N) is 1. The van der Waals surface area contributed by atoms with Gasteiger partial charge >= 0.3 is 0 Å². The lowest BCUT2D eigenvalue weighted by atomic mass is 10.2. The molecule has 1 aromatic heterocycles. The molecule has 0 bridgehead atoms. The van der Waals surface area contributed by atoms with E-state index in [1.54, 1.807) is 0 Å². The van der Waals surface area contributed by atoms with Crippen LogP contribution < -0.4 is 16.4 Å². The minimum Gasteiger partial charge on any atom is -0.382 e. The van der Waals surface area contributed by atoms with Gasteiger partial charge in [-0.25, -0.2) is 4.98 Å². The van der Waals surface area contributed by atoms with Crippen molar-refractivity contribution in [3.63, 3.8) is 0 Å². The number of carbonyl (C=O) groups excluding carboxylic acids is 1. The van der Waals surface area contributed by atoms with Gasteiger partial charge in [0, 0.05) is 12.6 Å². The monoisotopic (exact) mass is 268 g/mol. The maximum atomic E-state index is 12.0. The lowest BCUT2D eigenvalue weighted by Crippen LogP contribution is -2.26. The second-order valence-electron chi connectivity index (χ2n) is 5.30. The number of aromatic nitrogens is 1. The van der Waals surface area contributed by atoms with E-state index in [1.165, 1.54) is 11.3 Å². The van der Waals surface area contributed by atoms with E-state index in [1.807, 2.05) is 0 Å². The molecular formula is C12H20N4OS. The number of nitrogens with one attached hydrogen (secondary N) is 2. The van der Waals surface area contributed by atoms with Crippen LogP contribution in [0.25, 0.3) is 0 Å². The van der Waals surface area contributed by atoms with Gasteiger partial charge in [0.05, 0.1) is 0 Å². The second-order valence-corrected chi connectivity index (χ2v) is 6.30. The Kier molecular flexibility index (Phi) is 3.75. The van der Waals surface area contributed by atoms with Crippen molar-refractivity contribution < 1.29 is 4.79 Å². The predicted molar refractivity (Wildman–Crippen MR) is 74.9 cm³/mol. The molecule has 4 N–H and O–H groups in total. The summed E-state index contributed by atoms with van der Waals surface area (Å²) in [6, 6.07) is 0.311. The smallest absolute Gasteiger partial charge is 0.265 e. The Morgan fingerprint density at radius 1 is 1.61 bits per heavy atom. The Morgan fingerprint density at radius 2 is 2.28 bits per heavy atom. The molecular weight excluding hydrogens is 248 g/mol. The number of hydrogen-bond donors (Lipinski definition) is 3. The third-order valence-electron chi connectivity index (χ3n) is 2.95. The van der Waals surface area contributed by atoms with Gasteiger partial charge < -0.3 is 16.4 Å². The number of anilines is 2. The van der Waals surface area contributed by atoms with Crippen LogP contribution in [-0.4, -0.2) is 23.5 Å². The number of nitrogens with two attached hydrogens (primary N) is 1. The summed E-state index contributed by atoms with van der Waals surface area (Å²) in [4.78, 5) is 16.7. The molecule has 2 atom stereocenters. The van der Waals surface area contributed by atoms with E-state index in [2.05, 4.69) is 36.4 Å². The molecule has 0 aliphatic heterocycles. The van der Waals surface area contributed by atoms with E-state index in [4.69, 9.17) is 5.73 Å². The maximum Gasteiger partial charge on any atom is 0.265 e. The van der Waals surface area contributed by atoms with Crippen molar-refractivity contribution in [1.82, 2.24) is 10.3 Å². The molecule has 1 aliphatic rings. The number of amides is 1. The molecule has 100 valence electrons. The van der Waals surface area contributed by atoms with E-state index in [9.17, 15) is 4.79 Å². The highest BCUT2D eigenvalue weighted by Gasteiger charge is 2.34. The van der Waals surface area contributed by atoms with Gasteiger partial charge in [0.2, 0.25) is 0 Å². The van der Waals surface area contributed by atoms with Gasteiger partial charge in [0.15, 0.2) is 5.13 Å². The molecule has 1 aliphatic carbocycles. The van der Waals surface area contributed by atoms with Crippen LogP contribution in [0.5, 0.6) is 0 Å². The molecule has 5 nitrogen and oxygen atoms in total. The van der Waals surface area contributed by atoms with E-state index in [0.717, 1.165) is 18.1 Å². The average Bonchev–Trinajstić information content (AvgIpc) is 2.84. The van der Waals surface area contributed by atoms with Crippen molar-refractivity contribution in [2.24, 2.45) is 11.8 Å². The number of hydrogen-bond acceptors (Lipinski definition) is 5. The Morgan fingerprint density at radius 3 is 2.83 bits per heavy atom. The Balaban J connectivity index is 1.97. The molecule has 0 radical (unpaired) electrons. The Bertz CT molecular complexity index is 443. The number of nitrogen functional groups attached to an aromatic ring is 1. The molecule has 1 heterocycles.